The average molecular weight is 350 g/mol. The van der Waals surface area contributed by atoms with Gasteiger partial charge in [0.15, 0.2) is 0 Å². The van der Waals surface area contributed by atoms with E-state index in [1.165, 1.54) is 6.07 Å². The Morgan fingerprint density at radius 3 is 2.56 bits per heavy atom. The maximum atomic E-state index is 13.0. The molecule has 1 aliphatic heterocycles. The third-order valence-corrected chi connectivity index (χ3v) is 4.22. The lowest BCUT2D eigenvalue weighted by Gasteiger charge is -2.37. The van der Waals surface area contributed by atoms with Crippen molar-refractivity contribution < 1.29 is 27.4 Å². The Hall–Kier alpha value is -2.50. The molecule has 1 aliphatic rings. The van der Waals surface area contributed by atoms with E-state index in [9.17, 15) is 18.0 Å². The Kier molecular flexibility index (Phi) is 4.22. The maximum absolute atomic E-state index is 13.0. The van der Waals surface area contributed by atoms with Crippen molar-refractivity contribution in [3.8, 4) is 16.9 Å². The summed E-state index contributed by atoms with van der Waals surface area (Å²) in [5.41, 5.74) is -0.0859. The van der Waals surface area contributed by atoms with Crippen LogP contribution in [0.3, 0.4) is 0 Å². The van der Waals surface area contributed by atoms with Gasteiger partial charge in [-0.15, -0.1) is 0 Å². The summed E-state index contributed by atoms with van der Waals surface area (Å²) in [5, 5.41) is 0. The number of fused-ring (bicyclic) bond motifs is 3. The Bertz CT molecular complexity index is 814. The Labute approximate surface area is 143 Å². The summed E-state index contributed by atoms with van der Waals surface area (Å²) in [5.74, 6) is -0.103. The minimum Gasteiger partial charge on any atom is -0.482 e. The van der Waals surface area contributed by atoms with E-state index in [4.69, 9.17) is 9.47 Å². The first-order chi connectivity index (χ1) is 11.7. The monoisotopic (exact) mass is 350 g/mol. The standard InChI is InChI=1S/C19H17F3O3/c1-3-24-17(23)11-18(2)15-7-5-4-6-13(15)14-10-12(19(20,21)22)8-9-16(14)25-18/h4-10H,3,11H2,1-2H3. The SMILES string of the molecule is CCOC(=O)CC1(C)Oc2ccc(C(F)(F)F)cc2-c2ccccc21. The molecule has 2 aromatic carbocycles. The van der Waals surface area contributed by atoms with E-state index in [0.717, 1.165) is 12.1 Å². The molecule has 0 fully saturated rings. The van der Waals surface area contributed by atoms with Gasteiger partial charge in [0.05, 0.1) is 18.6 Å². The summed E-state index contributed by atoms with van der Waals surface area (Å²) in [4.78, 5) is 12.0. The van der Waals surface area contributed by atoms with Crippen LogP contribution in [0.1, 0.15) is 31.4 Å². The Balaban J connectivity index is 2.10. The molecule has 1 unspecified atom stereocenters. The van der Waals surface area contributed by atoms with Gasteiger partial charge in [-0.25, -0.2) is 0 Å². The molecule has 132 valence electrons. The number of benzene rings is 2. The molecule has 0 bridgehead atoms. The fourth-order valence-corrected chi connectivity index (χ4v) is 3.10. The number of ether oxygens (including phenoxy) is 2. The number of esters is 1. The number of hydrogen-bond donors (Lipinski definition) is 0. The van der Waals surface area contributed by atoms with E-state index in [0.29, 0.717) is 22.4 Å². The van der Waals surface area contributed by atoms with Crippen molar-refractivity contribution >= 4 is 5.97 Å². The topological polar surface area (TPSA) is 35.5 Å². The van der Waals surface area contributed by atoms with Crippen LogP contribution in [0.5, 0.6) is 5.75 Å². The van der Waals surface area contributed by atoms with Crippen molar-refractivity contribution in [2.75, 3.05) is 6.61 Å². The molecule has 0 aliphatic carbocycles. The number of halogens is 3. The normalized spacial score (nSPS) is 18.8. The largest absolute Gasteiger partial charge is 0.482 e. The lowest BCUT2D eigenvalue weighted by Crippen LogP contribution is -2.36. The highest BCUT2D eigenvalue weighted by atomic mass is 19.4. The van der Waals surface area contributed by atoms with Crippen molar-refractivity contribution in [3.05, 3.63) is 53.6 Å². The zero-order chi connectivity index (χ0) is 18.2. The molecule has 6 heteroatoms. The second kappa shape index (κ2) is 6.10. The van der Waals surface area contributed by atoms with E-state index in [1.54, 1.807) is 38.1 Å². The highest BCUT2D eigenvalue weighted by molar-refractivity contribution is 5.79. The minimum absolute atomic E-state index is 0.0294. The summed E-state index contributed by atoms with van der Waals surface area (Å²) in [7, 11) is 0. The van der Waals surface area contributed by atoms with E-state index in [1.807, 2.05) is 0 Å². The number of carbonyl (C=O) groups excluding carboxylic acids is 1. The second-order valence-corrected chi connectivity index (χ2v) is 6.07. The lowest BCUT2D eigenvalue weighted by atomic mass is 9.82. The number of rotatable bonds is 3. The highest BCUT2D eigenvalue weighted by Crippen LogP contribution is 2.48. The predicted octanol–water partition coefficient (Wildman–Crippen LogP) is 4.93. The number of carbonyl (C=O) groups is 1. The first kappa shape index (κ1) is 17.3. The molecular weight excluding hydrogens is 333 g/mol. The predicted molar refractivity (Wildman–Crippen MR) is 86.1 cm³/mol. The fraction of sp³-hybridized carbons (Fsp3) is 0.316. The third kappa shape index (κ3) is 3.21. The number of hydrogen-bond acceptors (Lipinski definition) is 3. The maximum Gasteiger partial charge on any atom is 0.416 e. The van der Waals surface area contributed by atoms with Crippen LogP contribution >= 0.6 is 0 Å². The van der Waals surface area contributed by atoms with Gasteiger partial charge in [0.1, 0.15) is 11.4 Å². The van der Waals surface area contributed by atoms with Crippen LogP contribution in [0.4, 0.5) is 13.2 Å². The summed E-state index contributed by atoms with van der Waals surface area (Å²) in [6.45, 7) is 3.70. The zero-order valence-electron chi connectivity index (χ0n) is 13.8. The molecule has 0 spiro atoms. The van der Waals surface area contributed by atoms with Gasteiger partial charge in [0.25, 0.3) is 0 Å². The average Bonchev–Trinajstić information content (AvgIpc) is 2.54. The molecule has 3 rings (SSSR count). The first-order valence-electron chi connectivity index (χ1n) is 7.90. The summed E-state index contributed by atoms with van der Waals surface area (Å²) >= 11 is 0. The van der Waals surface area contributed by atoms with Gasteiger partial charge in [-0.1, -0.05) is 24.3 Å². The molecule has 0 radical (unpaired) electrons. The summed E-state index contributed by atoms with van der Waals surface area (Å²) in [6.07, 6.45) is -4.46. The van der Waals surface area contributed by atoms with E-state index < -0.39 is 23.3 Å². The van der Waals surface area contributed by atoms with Crippen LogP contribution in [0, 0.1) is 0 Å². The van der Waals surface area contributed by atoms with Crippen LogP contribution < -0.4 is 4.74 Å². The Morgan fingerprint density at radius 1 is 1.16 bits per heavy atom. The molecule has 0 saturated heterocycles. The van der Waals surface area contributed by atoms with Gasteiger partial charge >= 0.3 is 12.1 Å². The molecule has 0 N–H and O–H groups in total. The highest BCUT2D eigenvalue weighted by Gasteiger charge is 2.40. The smallest absolute Gasteiger partial charge is 0.416 e. The van der Waals surface area contributed by atoms with Gasteiger partial charge < -0.3 is 9.47 Å². The zero-order valence-corrected chi connectivity index (χ0v) is 13.8. The van der Waals surface area contributed by atoms with Gasteiger partial charge in [0, 0.05) is 11.1 Å². The molecule has 0 aromatic heterocycles. The lowest BCUT2D eigenvalue weighted by molar-refractivity contribution is -0.147. The molecule has 1 atom stereocenters. The second-order valence-electron chi connectivity index (χ2n) is 6.07. The molecule has 25 heavy (non-hydrogen) atoms. The van der Waals surface area contributed by atoms with Crippen LogP contribution in [-0.2, 0) is 21.3 Å². The fourth-order valence-electron chi connectivity index (χ4n) is 3.10. The van der Waals surface area contributed by atoms with Crippen LogP contribution in [0.15, 0.2) is 42.5 Å². The van der Waals surface area contributed by atoms with Gasteiger partial charge in [0.2, 0.25) is 0 Å². The Morgan fingerprint density at radius 2 is 1.88 bits per heavy atom. The van der Waals surface area contributed by atoms with Crippen molar-refractivity contribution in [2.45, 2.75) is 32.0 Å². The summed E-state index contributed by atoms with van der Waals surface area (Å²) in [6, 6.07) is 10.4. The van der Waals surface area contributed by atoms with E-state index in [2.05, 4.69) is 0 Å². The van der Waals surface area contributed by atoms with Gasteiger partial charge in [-0.2, -0.15) is 13.2 Å². The number of alkyl halides is 3. The molecule has 0 saturated carbocycles. The molecule has 0 amide bonds. The van der Waals surface area contributed by atoms with Crippen molar-refractivity contribution in [2.24, 2.45) is 0 Å². The first-order valence-corrected chi connectivity index (χ1v) is 7.90. The van der Waals surface area contributed by atoms with Crippen molar-refractivity contribution in [1.29, 1.82) is 0 Å². The van der Waals surface area contributed by atoms with Crippen molar-refractivity contribution in [3.63, 3.8) is 0 Å². The van der Waals surface area contributed by atoms with E-state index >= 15 is 0 Å². The van der Waals surface area contributed by atoms with Gasteiger partial charge in [-0.05, 0) is 37.6 Å². The molecule has 3 nitrogen and oxygen atoms in total. The summed E-state index contributed by atoms with van der Waals surface area (Å²) < 4.78 is 50.1. The van der Waals surface area contributed by atoms with Crippen LogP contribution in [-0.4, -0.2) is 12.6 Å². The van der Waals surface area contributed by atoms with Crippen molar-refractivity contribution in [1.82, 2.24) is 0 Å². The van der Waals surface area contributed by atoms with Gasteiger partial charge in [-0.3, -0.25) is 4.79 Å². The van der Waals surface area contributed by atoms with Crippen LogP contribution in [0.25, 0.3) is 11.1 Å². The molecule has 2 aromatic rings. The van der Waals surface area contributed by atoms with Crippen LogP contribution in [0.2, 0.25) is 0 Å². The quantitative estimate of drug-likeness (QED) is 0.736. The third-order valence-electron chi connectivity index (χ3n) is 4.22. The minimum atomic E-state index is -4.43. The molecule has 1 heterocycles. The molecular formula is C19H17F3O3. The van der Waals surface area contributed by atoms with E-state index in [-0.39, 0.29) is 13.0 Å².